The van der Waals surface area contributed by atoms with Crippen LogP contribution in [0.25, 0.3) is 0 Å². The summed E-state index contributed by atoms with van der Waals surface area (Å²) in [4.78, 5) is 23.4. The molecule has 130 valence electrons. The van der Waals surface area contributed by atoms with E-state index < -0.39 is 21.4 Å². The number of aromatic carboxylic acids is 1. The standard InChI is InChI=1S/C16H20N2O5S/c1-11-3-4-12(9-13(11)14(19)20)24(22,23)18-8-6-16(10-18)5-2-7-17-15(16)21/h3-4,9H,2,5-8,10H2,1H3,(H,17,21)(H,19,20). The summed E-state index contributed by atoms with van der Waals surface area (Å²) in [7, 11) is -3.82. The van der Waals surface area contributed by atoms with Gasteiger partial charge in [0.2, 0.25) is 15.9 Å². The third kappa shape index (κ3) is 2.69. The minimum atomic E-state index is -3.82. The molecule has 2 aliphatic rings. The van der Waals surface area contributed by atoms with Crippen LogP contribution in [0.1, 0.15) is 35.2 Å². The monoisotopic (exact) mass is 352 g/mol. The van der Waals surface area contributed by atoms with Gasteiger partial charge in [0, 0.05) is 19.6 Å². The Kier molecular flexibility index (Phi) is 4.13. The highest BCUT2D eigenvalue weighted by Gasteiger charge is 2.48. The SMILES string of the molecule is Cc1ccc(S(=O)(=O)N2CCC3(CCCNC3=O)C2)cc1C(=O)O. The summed E-state index contributed by atoms with van der Waals surface area (Å²) < 4.78 is 27.0. The molecule has 7 nitrogen and oxygen atoms in total. The number of sulfonamides is 1. The molecule has 1 aromatic rings. The van der Waals surface area contributed by atoms with E-state index in [2.05, 4.69) is 5.32 Å². The lowest BCUT2D eigenvalue weighted by Gasteiger charge is -2.32. The van der Waals surface area contributed by atoms with E-state index in [0.29, 0.717) is 24.9 Å². The summed E-state index contributed by atoms with van der Waals surface area (Å²) in [5, 5.41) is 12.0. The lowest BCUT2D eigenvalue weighted by molar-refractivity contribution is -0.132. The summed E-state index contributed by atoms with van der Waals surface area (Å²) in [6, 6.07) is 4.11. The zero-order chi connectivity index (χ0) is 17.5. The van der Waals surface area contributed by atoms with Crippen LogP contribution in [0.3, 0.4) is 0 Å². The van der Waals surface area contributed by atoms with E-state index in [-0.39, 0.29) is 29.5 Å². The molecular formula is C16H20N2O5S. The van der Waals surface area contributed by atoms with Gasteiger partial charge < -0.3 is 10.4 Å². The number of carboxylic acid groups (broad SMARTS) is 1. The van der Waals surface area contributed by atoms with Crippen molar-refractivity contribution < 1.29 is 23.1 Å². The maximum atomic E-state index is 12.9. The first kappa shape index (κ1) is 16.9. The van der Waals surface area contributed by atoms with Crippen molar-refractivity contribution in [2.45, 2.75) is 31.1 Å². The molecule has 1 amide bonds. The largest absolute Gasteiger partial charge is 0.478 e. The van der Waals surface area contributed by atoms with Gasteiger partial charge in [-0.2, -0.15) is 4.31 Å². The van der Waals surface area contributed by atoms with Gasteiger partial charge in [-0.25, -0.2) is 13.2 Å². The van der Waals surface area contributed by atoms with Gasteiger partial charge in [-0.1, -0.05) is 6.07 Å². The molecule has 2 fully saturated rings. The number of nitrogens with one attached hydrogen (secondary N) is 1. The normalized spacial score (nSPS) is 25.0. The van der Waals surface area contributed by atoms with Crippen molar-refractivity contribution in [2.75, 3.05) is 19.6 Å². The van der Waals surface area contributed by atoms with E-state index >= 15 is 0 Å². The van der Waals surface area contributed by atoms with Gasteiger partial charge in [-0.15, -0.1) is 0 Å². The summed E-state index contributed by atoms with van der Waals surface area (Å²) in [5.41, 5.74) is -0.169. The van der Waals surface area contributed by atoms with Crippen molar-refractivity contribution in [3.05, 3.63) is 29.3 Å². The van der Waals surface area contributed by atoms with E-state index in [1.54, 1.807) is 6.92 Å². The molecule has 24 heavy (non-hydrogen) atoms. The van der Waals surface area contributed by atoms with Crippen molar-refractivity contribution in [3.63, 3.8) is 0 Å². The molecule has 2 N–H and O–H groups in total. The average molecular weight is 352 g/mol. The number of hydrogen-bond acceptors (Lipinski definition) is 4. The second-order valence-electron chi connectivity index (χ2n) is 6.51. The van der Waals surface area contributed by atoms with Crippen molar-refractivity contribution in [3.8, 4) is 0 Å². The number of carbonyl (C=O) groups excluding carboxylic acids is 1. The number of carboxylic acids is 1. The summed E-state index contributed by atoms with van der Waals surface area (Å²) in [5.74, 6) is -1.24. The molecule has 1 atom stereocenters. The van der Waals surface area contributed by atoms with Crippen molar-refractivity contribution in [1.82, 2.24) is 9.62 Å². The van der Waals surface area contributed by atoms with Gasteiger partial charge in [0.1, 0.15) is 0 Å². The molecule has 2 aliphatic heterocycles. The molecule has 1 unspecified atom stereocenters. The smallest absolute Gasteiger partial charge is 0.335 e. The Balaban J connectivity index is 1.91. The van der Waals surface area contributed by atoms with E-state index in [4.69, 9.17) is 0 Å². The van der Waals surface area contributed by atoms with Crippen molar-refractivity contribution >= 4 is 21.9 Å². The molecule has 8 heteroatoms. The van der Waals surface area contributed by atoms with Crippen molar-refractivity contribution in [2.24, 2.45) is 5.41 Å². The van der Waals surface area contributed by atoms with Crippen LogP contribution in [-0.2, 0) is 14.8 Å². The van der Waals surface area contributed by atoms with Crippen LogP contribution in [0.15, 0.2) is 23.1 Å². The van der Waals surface area contributed by atoms with Gasteiger partial charge in [0.05, 0.1) is 15.9 Å². The van der Waals surface area contributed by atoms with Gasteiger partial charge >= 0.3 is 5.97 Å². The minimum absolute atomic E-state index is 0.0274. The Labute approximate surface area is 140 Å². The van der Waals surface area contributed by atoms with E-state index in [1.807, 2.05) is 0 Å². The highest BCUT2D eigenvalue weighted by Crippen LogP contribution is 2.39. The van der Waals surface area contributed by atoms with E-state index in [9.17, 15) is 23.1 Å². The number of aryl methyl sites for hydroxylation is 1. The number of amides is 1. The molecule has 2 saturated heterocycles. The van der Waals surface area contributed by atoms with Crippen LogP contribution in [0.4, 0.5) is 0 Å². The molecule has 1 aromatic carbocycles. The second kappa shape index (κ2) is 5.86. The lowest BCUT2D eigenvalue weighted by atomic mass is 9.79. The van der Waals surface area contributed by atoms with Crippen LogP contribution in [0.5, 0.6) is 0 Å². The summed E-state index contributed by atoms with van der Waals surface area (Å²) >= 11 is 0. The molecular weight excluding hydrogens is 332 g/mol. The average Bonchev–Trinajstić information content (AvgIpc) is 2.96. The molecule has 2 heterocycles. The molecule has 1 spiro atoms. The van der Waals surface area contributed by atoms with Crippen LogP contribution in [0, 0.1) is 12.3 Å². The number of carbonyl (C=O) groups is 2. The predicted octanol–water partition coefficient (Wildman–Crippen LogP) is 0.984. The van der Waals surface area contributed by atoms with E-state index in [1.165, 1.54) is 22.5 Å². The Morgan fingerprint density at radius 2 is 2.08 bits per heavy atom. The van der Waals surface area contributed by atoms with Crippen LogP contribution in [-0.4, -0.2) is 49.3 Å². The molecule has 0 radical (unpaired) electrons. The Hall–Kier alpha value is -1.93. The van der Waals surface area contributed by atoms with Crippen LogP contribution < -0.4 is 5.32 Å². The predicted molar refractivity (Wildman–Crippen MR) is 86.2 cm³/mol. The number of benzene rings is 1. The highest BCUT2D eigenvalue weighted by atomic mass is 32.2. The first-order valence-corrected chi connectivity index (χ1v) is 9.33. The highest BCUT2D eigenvalue weighted by molar-refractivity contribution is 7.89. The van der Waals surface area contributed by atoms with Gasteiger partial charge in [0.25, 0.3) is 0 Å². The fourth-order valence-electron chi connectivity index (χ4n) is 3.50. The molecule has 0 bridgehead atoms. The first-order valence-electron chi connectivity index (χ1n) is 7.89. The Bertz CT molecular complexity index is 805. The van der Waals surface area contributed by atoms with Gasteiger partial charge in [-0.3, -0.25) is 4.79 Å². The summed E-state index contributed by atoms with van der Waals surface area (Å²) in [6.07, 6.45) is 2.02. The third-order valence-electron chi connectivity index (χ3n) is 5.00. The second-order valence-corrected chi connectivity index (χ2v) is 8.45. The maximum absolute atomic E-state index is 12.9. The Morgan fingerprint density at radius 1 is 1.33 bits per heavy atom. The van der Waals surface area contributed by atoms with Crippen LogP contribution in [0.2, 0.25) is 0 Å². The fraction of sp³-hybridized carbons (Fsp3) is 0.500. The van der Waals surface area contributed by atoms with E-state index in [0.717, 1.165) is 6.42 Å². The molecule has 3 rings (SSSR count). The zero-order valence-electron chi connectivity index (χ0n) is 13.4. The third-order valence-corrected chi connectivity index (χ3v) is 6.84. The lowest BCUT2D eigenvalue weighted by Crippen LogP contribution is -2.47. The van der Waals surface area contributed by atoms with Crippen molar-refractivity contribution in [1.29, 1.82) is 0 Å². The molecule has 0 saturated carbocycles. The molecule has 0 aromatic heterocycles. The number of piperidine rings is 1. The Morgan fingerprint density at radius 3 is 2.75 bits per heavy atom. The first-order chi connectivity index (χ1) is 11.3. The molecule has 0 aliphatic carbocycles. The topological polar surface area (TPSA) is 104 Å². The quantitative estimate of drug-likeness (QED) is 0.844. The van der Waals surface area contributed by atoms with Crippen LogP contribution >= 0.6 is 0 Å². The number of hydrogen-bond donors (Lipinski definition) is 2. The zero-order valence-corrected chi connectivity index (χ0v) is 14.2. The maximum Gasteiger partial charge on any atom is 0.335 e. The van der Waals surface area contributed by atoms with Gasteiger partial charge in [-0.05, 0) is 43.9 Å². The van der Waals surface area contributed by atoms with Gasteiger partial charge in [0.15, 0.2) is 0 Å². The number of nitrogens with zero attached hydrogens (tertiary/aromatic N) is 1. The number of rotatable bonds is 3. The fourth-order valence-corrected chi connectivity index (χ4v) is 5.05. The summed E-state index contributed by atoms with van der Waals surface area (Å²) in [6.45, 7) is 2.67. The minimum Gasteiger partial charge on any atom is -0.478 e.